The number of nitrogens with zero attached hydrogens (tertiary/aromatic N) is 2. The van der Waals surface area contributed by atoms with Crippen LogP contribution in [-0.4, -0.2) is 41.2 Å². The number of pyridine rings is 1. The molecule has 6 aromatic rings. The smallest absolute Gasteiger partial charge is 0.171 e. The molecule has 6 nitrogen and oxygen atoms in total. The van der Waals surface area contributed by atoms with Crippen LogP contribution in [0.4, 0.5) is 11.4 Å². The fraction of sp³-hybridized carbons (Fsp3) is 0.220. The minimum absolute atomic E-state index is 0.0808. The summed E-state index contributed by atoms with van der Waals surface area (Å²) in [5.41, 5.74) is 12.6. The van der Waals surface area contributed by atoms with E-state index in [1.165, 1.54) is 6.42 Å². The highest BCUT2D eigenvalue weighted by Gasteiger charge is 2.43. The normalized spacial score (nSPS) is 20.9. The molecule has 3 aliphatic rings. The van der Waals surface area contributed by atoms with Gasteiger partial charge in [0.15, 0.2) is 5.11 Å². The molecule has 0 amide bonds. The SMILES string of the molecule is C=CC1CN2CCC1CC2C(NC(=S)Nc1ccc2ccccc2c1-c1c(N)ccc2ccccc12)c1ccnc2ccc(OC)cc12. The second-order valence-corrected chi connectivity index (χ2v) is 13.5. The number of methoxy groups -OCH3 is 1. The fourth-order valence-electron chi connectivity index (χ4n) is 8.16. The van der Waals surface area contributed by atoms with Crippen LogP contribution in [0, 0.1) is 11.8 Å². The summed E-state index contributed by atoms with van der Waals surface area (Å²) in [5, 5.41) is 13.6. The average molecular weight is 650 g/mol. The summed E-state index contributed by atoms with van der Waals surface area (Å²) in [5.74, 6) is 1.93. The number of hydrogen-bond acceptors (Lipinski definition) is 5. The Kier molecular flexibility index (Phi) is 7.95. The molecule has 0 aliphatic carbocycles. The molecular formula is C41H39N5OS. The van der Waals surface area contributed by atoms with Gasteiger partial charge in [-0.3, -0.25) is 9.88 Å². The number of aromatic nitrogens is 1. The number of anilines is 2. The number of nitrogen functional groups attached to an aromatic ring is 1. The maximum Gasteiger partial charge on any atom is 0.171 e. The van der Waals surface area contributed by atoms with Crippen LogP contribution >= 0.6 is 12.2 Å². The molecule has 1 aromatic heterocycles. The van der Waals surface area contributed by atoms with Crippen molar-refractivity contribution in [2.75, 3.05) is 31.2 Å². The van der Waals surface area contributed by atoms with Crippen LogP contribution in [0.1, 0.15) is 24.4 Å². The number of fused-ring (bicyclic) bond motifs is 6. The number of benzene rings is 5. The summed E-state index contributed by atoms with van der Waals surface area (Å²) in [4.78, 5) is 7.32. The molecule has 240 valence electrons. The van der Waals surface area contributed by atoms with Crippen molar-refractivity contribution >= 4 is 61.2 Å². The van der Waals surface area contributed by atoms with Gasteiger partial charge in [0.1, 0.15) is 5.75 Å². The molecule has 5 atom stereocenters. The van der Waals surface area contributed by atoms with Gasteiger partial charge in [-0.05, 0) is 107 Å². The van der Waals surface area contributed by atoms with Crippen LogP contribution in [0.3, 0.4) is 0 Å². The Morgan fingerprint density at radius 2 is 1.71 bits per heavy atom. The van der Waals surface area contributed by atoms with Crippen LogP contribution in [-0.2, 0) is 0 Å². The van der Waals surface area contributed by atoms with E-state index < -0.39 is 0 Å². The molecule has 7 heteroatoms. The maximum absolute atomic E-state index is 6.79. The Labute approximate surface area is 286 Å². The van der Waals surface area contributed by atoms with E-state index in [4.69, 9.17) is 27.7 Å². The summed E-state index contributed by atoms with van der Waals surface area (Å²) in [6.07, 6.45) is 6.32. The summed E-state index contributed by atoms with van der Waals surface area (Å²) >= 11 is 6.22. The standard InChI is InChI=1S/C41H39N5OS/c1-3-25-24-46-21-19-28(25)22-37(46)40(32-18-20-43-35-17-14-29(47-2)23-33(32)35)45-41(48)44-36-16-13-27-9-5-7-11-31(27)39(36)38-30-10-6-4-8-26(30)12-15-34(38)42/h3-18,20,23,25,28,37,40H,1,19,21-22,24,42H2,2H3,(H2,44,45,48). The van der Waals surface area contributed by atoms with Gasteiger partial charge in [-0.25, -0.2) is 0 Å². The number of nitrogens with two attached hydrogens (primary N) is 1. The summed E-state index contributed by atoms with van der Waals surface area (Å²) in [6.45, 7) is 6.24. The lowest BCUT2D eigenvalue weighted by molar-refractivity contribution is 0.00443. The van der Waals surface area contributed by atoms with Gasteiger partial charge in [-0.15, -0.1) is 6.58 Å². The molecule has 5 aromatic carbocycles. The molecule has 9 rings (SSSR count). The highest BCUT2D eigenvalue weighted by atomic mass is 32.1. The lowest BCUT2D eigenvalue weighted by Crippen LogP contribution is -2.57. The number of ether oxygens (including phenoxy) is 1. The van der Waals surface area contributed by atoms with E-state index in [-0.39, 0.29) is 12.1 Å². The van der Waals surface area contributed by atoms with E-state index >= 15 is 0 Å². The molecule has 3 saturated heterocycles. The predicted octanol–water partition coefficient (Wildman–Crippen LogP) is 8.72. The Hall–Kier alpha value is -4.98. The van der Waals surface area contributed by atoms with Crippen molar-refractivity contribution in [2.45, 2.75) is 24.9 Å². The Balaban J connectivity index is 1.22. The van der Waals surface area contributed by atoms with E-state index in [9.17, 15) is 0 Å². The molecule has 3 aliphatic heterocycles. The van der Waals surface area contributed by atoms with Crippen LogP contribution in [0.25, 0.3) is 43.6 Å². The molecule has 4 heterocycles. The van der Waals surface area contributed by atoms with Crippen molar-refractivity contribution < 1.29 is 4.74 Å². The molecular weight excluding hydrogens is 611 g/mol. The lowest BCUT2D eigenvalue weighted by Gasteiger charge is -2.52. The molecule has 0 spiro atoms. The van der Waals surface area contributed by atoms with Gasteiger partial charge < -0.3 is 21.1 Å². The number of hydrogen-bond donors (Lipinski definition) is 3. The van der Waals surface area contributed by atoms with E-state index in [0.29, 0.717) is 16.9 Å². The third-order valence-electron chi connectivity index (χ3n) is 10.5. The van der Waals surface area contributed by atoms with Crippen molar-refractivity contribution in [1.29, 1.82) is 0 Å². The lowest BCUT2D eigenvalue weighted by atomic mass is 9.73. The predicted molar refractivity (Wildman–Crippen MR) is 203 cm³/mol. The van der Waals surface area contributed by atoms with Crippen LogP contribution < -0.4 is 21.1 Å². The zero-order valence-corrected chi connectivity index (χ0v) is 27.8. The van der Waals surface area contributed by atoms with Crippen LogP contribution in [0.5, 0.6) is 5.75 Å². The molecule has 48 heavy (non-hydrogen) atoms. The molecule has 0 radical (unpaired) electrons. The second-order valence-electron chi connectivity index (χ2n) is 13.1. The van der Waals surface area contributed by atoms with Crippen LogP contribution in [0.2, 0.25) is 0 Å². The number of thiocarbonyl (C=S) groups is 1. The van der Waals surface area contributed by atoms with Crippen molar-refractivity contribution in [3.63, 3.8) is 0 Å². The molecule has 2 bridgehead atoms. The molecule has 0 saturated carbocycles. The Bertz CT molecular complexity index is 2200. The van der Waals surface area contributed by atoms with E-state index in [1.807, 2.05) is 24.4 Å². The largest absolute Gasteiger partial charge is 0.497 e. The van der Waals surface area contributed by atoms with Gasteiger partial charge in [-0.1, -0.05) is 66.7 Å². The zero-order valence-electron chi connectivity index (χ0n) is 27.0. The van der Waals surface area contributed by atoms with Gasteiger partial charge in [-0.2, -0.15) is 0 Å². The quantitative estimate of drug-likeness (QED) is 0.0907. The van der Waals surface area contributed by atoms with Crippen molar-refractivity contribution in [1.82, 2.24) is 15.2 Å². The number of rotatable bonds is 7. The van der Waals surface area contributed by atoms with Crippen molar-refractivity contribution in [3.05, 3.63) is 121 Å². The second kappa shape index (κ2) is 12.6. The summed E-state index contributed by atoms with van der Waals surface area (Å²) in [7, 11) is 1.71. The summed E-state index contributed by atoms with van der Waals surface area (Å²) < 4.78 is 5.65. The average Bonchev–Trinajstić information content (AvgIpc) is 3.13. The minimum Gasteiger partial charge on any atom is -0.497 e. The third kappa shape index (κ3) is 5.33. The first kappa shape index (κ1) is 30.4. The van der Waals surface area contributed by atoms with Gasteiger partial charge >= 0.3 is 0 Å². The van der Waals surface area contributed by atoms with Gasteiger partial charge in [0, 0.05) is 46.7 Å². The number of piperidine rings is 3. The van der Waals surface area contributed by atoms with E-state index in [0.717, 1.165) is 85.8 Å². The first-order chi connectivity index (χ1) is 23.5. The Morgan fingerprint density at radius 3 is 2.44 bits per heavy atom. The van der Waals surface area contributed by atoms with Crippen molar-refractivity contribution in [3.8, 4) is 16.9 Å². The number of nitrogens with one attached hydrogen (secondary N) is 2. The third-order valence-corrected chi connectivity index (χ3v) is 10.8. The fourth-order valence-corrected chi connectivity index (χ4v) is 8.40. The van der Waals surface area contributed by atoms with E-state index in [2.05, 4.69) is 107 Å². The van der Waals surface area contributed by atoms with Gasteiger partial charge in [0.25, 0.3) is 0 Å². The molecule has 5 unspecified atom stereocenters. The molecule has 4 N–H and O–H groups in total. The van der Waals surface area contributed by atoms with E-state index in [1.54, 1.807) is 7.11 Å². The monoisotopic (exact) mass is 649 g/mol. The zero-order chi connectivity index (χ0) is 32.8. The van der Waals surface area contributed by atoms with Crippen molar-refractivity contribution in [2.24, 2.45) is 11.8 Å². The first-order valence-corrected chi connectivity index (χ1v) is 17.1. The Morgan fingerprint density at radius 1 is 0.958 bits per heavy atom. The summed E-state index contributed by atoms with van der Waals surface area (Å²) in [6, 6.07) is 33.6. The highest BCUT2D eigenvalue weighted by Crippen LogP contribution is 2.44. The van der Waals surface area contributed by atoms with Crippen LogP contribution in [0.15, 0.2) is 116 Å². The highest BCUT2D eigenvalue weighted by molar-refractivity contribution is 7.80. The minimum atomic E-state index is -0.0808. The van der Waals surface area contributed by atoms with Gasteiger partial charge in [0.2, 0.25) is 0 Å². The van der Waals surface area contributed by atoms with Gasteiger partial charge in [0.05, 0.1) is 18.7 Å². The maximum atomic E-state index is 6.79. The topological polar surface area (TPSA) is 75.4 Å². The first-order valence-electron chi connectivity index (χ1n) is 16.7. The molecule has 3 fully saturated rings.